The summed E-state index contributed by atoms with van der Waals surface area (Å²) in [4.78, 5) is 133. The summed E-state index contributed by atoms with van der Waals surface area (Å²) in [6, 6.07) is 8.79. The first-order chi connectivity index (χ1) is 37.5. The Morgan fingerprint density at radius 1 is 0.600 bits per heavy atom. The van der Waals surface area contributed by atoms with E-state index in [1.54, 1.807) is 62.3 Å². The summed E-state index contributed by atoms with van der Waals surface area (Å²) in [7, 11) is 0. The minimum Gasteiger partial charge on any atom is -0.480 e. The van der Waals surface area contributed by atoms with Gasteiger partial charge in [-0.25, -0.2) is 19.2 Å². The third kappa shape index (κ3) is 22.3. The number of fused-ring (bicyclic) bond motifs is 3. The molecule has 0 saturated carbocycles. The number of carboxylic acid groups (broad SMARTS) is 1. The van der Waals surface area contributed by atoms with Crippen LogP contribution in [0.5, 0.6) is 0 Å². The summed E-state index contributed by atoms with van der Waals surface area (Å²) in [5.74, 6) is -6.48. The summed E-state index contributed by atoms with van der Waals surface area (Å²) in [6.07, 6.45) is -1.45. The average molecular weight is 1120 g/mol. The van der Waals surface area contributed by atoms with E-state index >= 15 is 0 Å². The van der Waals surface area contributed by atoms with Crippen LogP contribution in [0.4, 0.5) is 14.4 Å². The number of likely N-dealkylation sites (tertiary alicyclic amines) is 1. The number of alkyl carbamates (subject to hydrolysis) is 3. The van der Waals surface area contributed by atoms with E-state index in [2.05, 4.69) is 37.2 Å². The van der Waals surface area contributed by atoms with Gasteiger partial charge in [-0.1, -0.05) is 48.5 Å². The van der Waals surface area contributed by atoms with Gasteiger partial charge in [-0.15, -0.1) is 0 Å². The van der Waals surface area contributed by atoms with Crippen LogP contribution in [0.25, 0.3) is 11.1 Å². The van der Waals surface area contributed by atoms with E-state index in [-0.39, 0.29) is 90.1 Å². The SMILES string of the molecule is CC(C)(C)OC[C@H](NC(=O)OCC1c2ccccc2-c2ccccc21)C(=O)N[C@@H](CCCCNC(=O)OC(C)(C)C)C(=O)N[C@@H](CCCCNC(=O)OC(C)(C)C)C(=O)N[C@@H](CCC(N)=O)C(=O)NCC(=O)N1CCC[C@H]1C(=O)O. The Kier molecular flexibility index (Phi) is 24.5. The largest absolute Gasteiger partial charge is 0.480 e. The molecule has 1 heterocycles. The number of carbonyl (C=O) groups excluding carboxylic acids is 9. The van der Waals surface area contributed by atoms with Crippen molar-refractivity contribution in [1.29, 1.82) is 0 Å². The molecule has 2 aromatic rings. The molecule has 4 rings (SSSR count). The Morgan fingerprint density at radius 3 is 1.54 bits per heavy atom. The minimum absolute atomic E-state index is 0.0586. The standard InChI is InChI=1S/C56H83N9O15/c1-54(2,3)78-33-42(64-53(76)77-32-38-36-21-12-10-19-34(36)35-20-11-13-22-37(35)38)49(71)62-40(24-15-17-29-59-52(75)80-56(7,8)9)47(69)61-39(23-14-16-28-58-51(74)79-55(4,5)6)48(70)63-41(26-27-44(57)66)46(68)60-31-45(67)65-30-18-25-43(65)50(72)73/h10-13,19-22,38-43H,14-18,23-33H2,1-9H3,(H2,57,66)(H,58,74)(H,59,75)(H,60,68)(H,61,69)(H,62,71)(H,63,70)(H,64,76)(H,72,73)/t39-,40-,41-,42-,43-/m0/s1. The second kappa shape index (κ2) is 30.2. The van der Waals surface area contributed by atoms with Gasteiger partial charge in [-0.05, 0) is 142 Å². The number of amides is 9. The number of carbonyl (C=O) groups is 10. The Hall–Kier alpha value is -7.50. The molecule has 24 nitrogen and oxygen atoms in total. The van der Waals surface area contributed by atoms with Crippen molar-refractivity contribution in [2.45, 2.75) is 179 Å². The van der Waals surface area contributed by atoms with Gasteiger partial charge >= 0.3 is 24.2 Å². The van der Waals surface area contributed by atoms with Crippen molar-refractivity contribution >= 4 is 59.7 Å². The molecule has 0 unspecified atom stereocenters. The zero-order valence-corrected chi connectivity index (χ0v) is 47.6. The molecule has 1 aliphatic carbocycles. The molecule has 0 spiro atoms. The molecule has 80 heavy (non-hydrogen) atoms. The molecule has 2 aromatic carbocycles. The topological polar surface area (TPSA) is 341 Å². The van der Waals surface area contributed by atoms with Crippen LogP contribution in [0, 0.1) is 0 Å². The number of primary amides is 1. The number of benzene rings is 2. The van der Waals surface area contributed by atoms with Crippen LogP contribution in [0.15, 0.2) is 48.5 Å². The van der Waals surface area contributed by atoms with Gasteiger partial charge in [0.05, 0.1) is 18.8 Å². The number of hydrogen-bond acceptors (Lipinski definition) is 14. The van der Waals surface area contributed by atoms with E-state index in [1.165, 1.54) is 0 Å². The van der Waals surface area contributed by atoms with E-state index < -0.39 is 113 Å². The van der Waals surface area contributed by atoms with Crippen LogP contribution < -0.4 is 43.0 Å². The highest BCUT2D eigenvalue weighted by Gasteiger charge is 2.36. The van der Waals surface area contributed by atoms with Gasteiger partial charge in [0.25, 0.3) is 0 Å². The number of ether oxygens (including phenoxy) is 4. The Bertz CT molecular complexity index is 2460. The Balaban J connectivity index is 1.58. The number of nitrogens with zero attached hydrogens (tertiary/aromatic N) is 1. The molecule has 10 N–H and O–H groups in total. The number of nitrogens with two attached hydrogens (primary N) is 1. The number of nitrogens with one attached hydrogen (secondary N) is 7. The van der Waals surface area contributed by atoms with E-state index in [4.69, 9.17) is 24.7 Å². The van der Waals surface area contributed by atoms with Crippen LogP contribution in [-0.4, -0.2) is 156 Å². The maximum Gasteiger partial charge on any atom is 0.407 e. The van der Waals surface area contributed by atoms with Crippen molar-refractivity contribution in [2.24, 2.45) is 5.73 Å². The molecule has 442 valence electrons. The molecule has 24 heteroatoms. The lowest BCUT2D eigenvalue weighted by molar-refractivity contribution is -0.148. The third-order valence-corrected chi connectivity index (χ3v) is 12.7. The van der Waals surface area contributed by atoms with Crippen LogP contribution in [-0.2, 0) is 52.5 Å². The van der Waals surface area contributed by atoms with E-state index in [9.17, 15) is 53.1 Å². The van der Waals surface area contributed by atoms with Gasteiger partial charge in [-0.2, -0.15) is 0 Å². The summed E-state index contributed by atoms with van der Waals surface area (Å²) < 4.78 is 22.4. The normalized spacial score (nSPS) is 15.6. The fraction of sp³-hybridized carbons (Fsp3) is 0.607. The van der Waals surface area contributed by atoms with Crippen molar-refractivity contribution in [3.63, 3.8) is 0 Å². The van der Waals surface area contributed by atoms with Crippen molar-refractivity contribution in [1.82, 2.24) is 42.1 Å². The van der Waals surface area contributed by atoms with Crippen molar-refractivity contribution in [3.8, 4) is 11.1 Å². The molecular weight excluding hydrogens is 1040 g/mol. The molecule has 9 amide bonds. The summed E-state index contributed by atoms with van der Waals surface area (Å²) in [5, 5.41) is 27.9. The molecule has 1 saturated heterocycles. The molecular formula is C56H83N9O15. The van der Waals surface area contributed by atoms with Crippen molar-refractivity contribution in [3.05, 3.63) is 59.7 Å². The zero-order valence-electron chi connectivity index (χ0n) is 47.6. The number of carboxylic acids is 1. The lowest BCUT2D eigenvalue weighted by Gasteiger charge is -2.28. The first-order valence-corrected chi connectivity index (χ1v) is 27.2. The predicted molar refractivity (Wildman–Crippen MR) is 293 cm³/mol. The maximum atomic E-state index is 14.6. The van der Waals surface area contributed by atoms with Gasteiger partial charge in [0.1, 0.15) is 48.0 Å². The summed E-state index contributed by atoms with van der Waals surface area (Å²) >= 11 is 0. The first kappa shape index (κ1) is 65.0. The summed E-state index contributed by atoms with van der Waals surface area (Å²) in [5.41, 5.74) is 7.08. The number of unbranched alkanes of at least 4 members (excludes halogenated alkanes) is 2. The number of rotatable bonds is 28. The van der Waals surface area contributed by atoms with Crippen molar-refractivity contribution < 1.29 is 72.0 Å². The smallest absolute Gasteiger partial charge is 0.407 e. The quantitative estimate of drug-likeness (QED) is 0.0429. The second-order valence-electron chi connectivity index (χ2n) is 22.8. The number of aliphatic carboxylic acids is 1. The molecule has 0 bridgehead atoms. The minimum atomic E-state index is -1.48. The van der Waals surface area contributed by atoms with E-state index in [0.717, 1.165) is 27.2 Å². The predicted octanol–water partition coefficient (Wildman–Crippen LogP) is 4.01. The lowest BCUT2D eigenvalue weighted by atomic mass is 9.98. The molecule has 0 aromatic heterocycles. The zero-order chi connectivity index (χ0) is 59.4. The van der Waals surface area contributed by atoms with Gasteiger partial charge in [0, 0.05) is 32.0 Å². The molecule has 2 aliphatic rings. The molecule has 0 radical (unpaired) electrons. The second-order valence-corrected chi connectivity index (χ2v) is 22.8. The van der Waals surface area contributed by atoms with Gasteiger partial charge < -0.3 is 71.9 Å². The van der Waals surface area contributed by atoms with E-state index in [0.29, 0.717) is 12.8 Å². The third-order valence-electron chi connectivity index (χ3n) is 12.7. The maximum absolute atomic E-state index is 14.6. The monoisotopic (exact) mass is 1120 g/mol. The van der Waals surface area contributed by atoms with Crippen molar-refractivity contribution in [2.75, 3.05) is 39.4 Å². The molecule has 1 aliphatic heterocycles. The van der Waals surface area contributed by atoms with Gasteiger partial charge in [0.15, 0.2) is 0 Å². The van der Waals surface area contributed by atoms with Crippen LogP contribution in [0.3, 0.4) is 0 Å². The highest BCUT2D eigenvalue weighted by molar-refractivity contribution is 5.96. The van der Waals surface area contributed by atoms with E-state index in [1.807, 2.05) is 48.5 Å². The molecule has 5 atom stereocenters. The van der Waals surface area contributed by atoms with Gasteiger partial charge in [0.2, 0.25) is 35.4 Å². The van der Waals surface area contributed by atoms with Crippen LogP contribution >= 0.6 is 0 Å². The first-order valence-electron chi connectivity index (χ1n) is 27.2. The number of hydrogen-bond donors (Lipinski definition) is 9. The Labute approximate surface area is 467 Å². The average Bonchev–Trinajstić information content (AvgIpc) is 4.20. The fourth-order valence-electron chi connectivity index (χ4n) is 8.87. The Morgan fingerprint density at radius 2 is 1.07 bits per heavy atom. The lowest BCUT2D eigenvalue weighted by Crippen LogP contribution is -2.59. The summed E-state index contributed by atoms with van der Waals surface area (Å²) in [6.45, 7) is 14.9. The van der Waals surface area contributed by atoms with Crippen LogP contribution in [0.2, 0.25) is 0 Å². The highest BCUT2D eigenvalue weighted by atomic mass is 16.6. The molecule has 1 fully saturated rings. The van der Waals surface area contributed by atoms with Crippen LogP contribution in [0.1, 0.15) is 144 Å². The fourth-order valence-corrected chi connectivity index (χ4v) is 8.87. The van der Waals surface area contributed by atoms with Gasteiger partial charge in [-0.3, -0.25) is 28.8 Å². The highest BCUT2D eigenvalue weighted by Crippen LogP contribution is 2.44.